The lowest BCUT2D eigenvalue weighted by Crippen LogP contribution is -2.18. The molecule has 0 saturated heterocycles. The van der Waals surface area contributed by atoms with Gasteiger partial charge in [-0.25, -0.2) is 0 Å². The highest BCUT2D eigenvalue weighted by molar-refractivity contribution is 5.44. The van der Waals surface area contributed by atoms with E-state index in [0.717, 1.165) is 23.5 Å². The third-order valence-electron chi connectivity index (χ3n) is 4.39. The summed E-state index contributed by atoms with van der Waals surface area (Å²) in [6.45, 7) is 7.08. The molecule has 0 aliphatic rings. The molecule has 0 aromatic heterocycles. The van der Waals surface area contributed by atoms with E-state index in [1.54, 1.807) is 14.2 Å². The molecule has 0 heterocycles. The average molecular weight is 313 g/mol. The number of hydrogen-bond donors (Lipinski definition) is 1. The van der Waals surface area contributed by atoms with Crippen molar-refractivity contribution in [2.24, 2.45) is 5.73 Å². The average Bonchev–Trinajstić information content (AvgIpc) is 2.53. The molecule has 2 rings (SSSR count). The Hall–Kier alpha value is -2.00. The molecule has 2 N–H and O–H groups in total. The van der Waals surface area contributed by atoms with Crippen molar-refractivity contribution in [1.29, 1.82) is 0 Å². The molecule has 2 aromatic carbocycles. The first-order valence-electron chi connectivity index (χ1n) is 7.98. The minimum atomic E-state index is 0.276. The van der Waals surface area contributed by atoms with Crippen molar-refractivity contribution in [2.45, 2.75) is 33.1 Å². The maximum absolute atomic E-state index is 6.11. The second-order valence-electron chi connectivity index (χ2n) is 6.13. The molecule has 124 valence electrons. The molecule has 0 fully saturated rings. The molecular weight excluding hydrogens is 286 g/mol. The summed E-state index contributed by atoms with van der Waals surface area (Å²) in [7, 11) is 3.36. The predicted molar refractivity (Wildman–Crippen MR) is 95.7 cm³/mol. The molecule has 0 aliphatic carbocycles. The van der Waals surface area contributed by atoms with Crippen molar-refractivity contribution < 1.29 is 9.47 Å². The fourth-order valence-corrected chi connectivity index (χ4v) is 3.42. The standard InChI is InChI=1S/C20H27NO2/c1-13-8-14(2)20(15(3)9-13)17(12-21)10-16-6-7-18(22-4)11-19(16)23-5/h6-9,11,17H,10,12,21H2,1-5H3. The highest BCUT2D eigenvalue weighted by Gasteiger charge is 2.18. The minimum absolute atomic E-state index is 0.276. The molecule has 0 radical (unpaired) electrons. The zero-order chi connectivity index (χ0) is 17.0. The number of aryl methyl sites for hydroxylation is 3. The van der Waals surface area contributed by atoms with Gasteiger partial charge in [-0.3, -0.25) is 0 Å². The molecule has 0 bridgehead atoms. The van der Waals surface area contributed by atoms with Crippen LogP contribution in [0.25, 0.3) is 0 Å². The summed E-state index contributed by atoms with van der Waals surface area (Å²) in [5, 5.41) is 0. The molecule has 3 heteroatoms. The Morgan fingerprint density at radius 2 is 1.61 bits per heavy atom. The van der Waals surface area contributed by atoms with Gasteiger partial charge in [-0.1, -0.05) is 23.8 Å². The number of rotatable bonds is 6. The van der Waals surface area contributed by atoms with E-state index in [0.29, 0.717) is 6.54 Å². The van der Waals surface area contributed by atoms with E-state index >= 15 is 0 Å². The fraction of sp³-hybridized carbons (Fsp3) is 0.400. The molecule has 0 amide bonds. The Morgan fingerprint density at radius 3 is 2.13 bits per heavy atom. The van der Waals surface area contributed by atoms with Crippen LogP contribution in [-0.2, 0) is 6.42 Å². The molecule has 0 aliphatic heterocycles. The smallest absolute Gasteiger partial charge is 0.125 e. The van der Waals surface area contributed by atoms with Crippen molar-refractivity contribution in [3.63, 3.8) is 0 Å². The lowest BCUT2D eigenvalue weighted by molar-refractivity contribution is 0.390. The van der Waals surface area contributed by atoms with Crippen molar-refractivity contribution in [3.05, 3.63) is 58.1 Å². The first-order valence-corrected chi connectivity index (χ1v) is 7.98. The van der Waals surface area contributed by atoms with Gasteiger partial charge in [0, 0.05) is 12.0 Å². The molecule has 0 spiro atoms. The van der Waals surface area contributed by atoms with Crippen LogP contribution in [0.15, 0.2) is 30.3 Å². The molecule has 1 atom stereocenters. The summed E-state index contributed by atoms with van der Waals surface area (Å²) < 4.78 is 10.8. The summed E-state index contributed by atoms with van der Waals surface area (Å²) in [5.41, 5.74) is 12.5. The summed E-state index contributed by atoms with van der Waals surface area (Å²) in [6.07, 6.45) is 0.856. The third kappa shape index (κ3) is 3.85. The van der Waals surface area contributed by atoms with Gasteiger partial charge in [0.05, 0.1) is 14.2 Å². The van der Waals surface area contributed by atoms with E-state index in [2.05, 4.69) is 39.0 Å². The molecule has 23 heavy (non-hydrogen) atoms. The van der Waals surface area contributed by atoms with Crippen LogP contribution in [0.5, 0.6) is 11.5 Å². The van der Waals surface area contributed by atoms with E-state index in [9.17, 15) is 0 Å². The lowest BCUT2D eigenvalue weighted by Gasteiger charge is -2.22. The lowest BCUT2D eigenvalue weighted by atomic mass is 9.85. The summed E-state index contributed by atoms with van der Waals surface area (Å²) in [6, 6.07) is 10.4. The van der Waals surface area contributed by atoms with Gasteiger partial charge in [0.25, 0.3) is 0 Å². The molecule has 0 saturated carbocycles. The Labute approximate surface area is 139 Å². The number of methoxy groups -OCH3 is 2. The van der Waals surface area contributed by atoms with Crippen LogP contribution >= 0.6 is 0 Å². The second kappa shape index (κ2) is 7.51. The molecule has 1 unspecified atom stereocenters. The molecular formula is C20H27NO2. The maximum atomic E-state index is 6.11. The topological polar surface area (TPSA) is 44.5 Å². The van der Waals surface area contributed by atoms with E-state index in [4.69, 9.17) is 15.2 Å². The Bertz CT molecular complexity index is 656. The second-order valence-corrected chi connectivity index (χ2v) is 6.13. The normalized spacial score (nSPS) is 12.1. The van der Waals surface area contributed by atoms with Gasteiger partial charge in [-0.05, 0) is 62.1 Å². The van der Waals surface area contributed by atoms with Gasteiger partial charge in [0.15, 0.2) is 0 Å². The summed E-state index contributed by atoms with van der Waals surface area (Å²) in [4.78, 5) is 0. The van der Waals surface area contributed by atoms with E-state index in [1.807, 2.05) is 12.1 Å². The van der Waals surface area contributed by atoms with Crippen LogP contribution in [0.2, 0.25) is 0 Å². The Morgan fingerprint density at radius 1 is 0.957 bits per heavy atom. The first kappa shape index (κ1) is 17.4. The van der Waals surface area contributed by atoms with E-state index < -0.39 is 0 Å². The Balaban J connectivity index is 2.37. The number of ether oxygens (including phenoxy) is 2. The van der Waals surface area contributed by atoms with E-state index in [-0.39, 0.29) is 5.92 Å². The first-order chi connectivity index (χ1) is 11.0. The quantitative estimate of drug-likeness (QED) is 0.879. The van der Waals surface area contributed by atoms with Crippen molar-refractivity contribution in [2.75, 3.05) is 20.8 Å². The van der Waals surface area contributed by atoms with Crippen LogP contribution in [0.3, 0.4) is 0 Å². The Kier molecular flexibility index (Phi) is 5.67. The zero-order valence-electron chi connectivity index (χ0n) is 14.8. The third-order valence-corrected chi connectivity index (χ3v) is 4.39. The van der Waals surface area contributed by atoms with Crippen LogP contribution in [0.1, 0.15) is 33.7 Å². The maximum Gasteiger partial charge on any atom is 0.125 e. The van der Waals surface area contributed by atoms with Gasteiger partial charge in [-0.15, -0.1) is 0 Å². The number of hydrogen-bond acceptors (Lipinski definition) is 3. The highest BCUT2D eigenvalue weighted by atomic mass is 16.5. The summed E-state index contributed by atoms with van der Waals surface area (Å²) >= 11 is 0. The van der Waals surface area contributed by atoms with Crippen LogP contribution in [0, 0.1) is 20.8 Å². The van der Waals surface area contributed by atoms with Crippen LogP contribution in [0.4, 0.5) is 0 Å². The monoisotopic (exact) mass is 313 g/mol. The van der Waals surface area contributed by atoms with Gasteiger partial charge < -0.3 is 15.2 Å². The van der Waals surface area contributed by atoms with E-state index in [1.165, 1.54) is 22.3 Å². The predicted octanol–water partition coefficient (Wildman–Crippen LogP) is 3.91. The van der Waals surface area contributed by atoms with Crippen LogP contribution in [-0.4, -0.2) is 20.8 Å². The van der Waals surface area contributed by atoms with Crippen molar-refractivity contribution in [1.82, 2.24) is 0 Å². The zero-order valence-corrected chi connectivity index (χ0v) is 14.8. The van der Waals surface area contributed by atoms with Crippen molar-refractivity contribution in [3.8, 4) is 11.5 Å². The number of nitrogens with two attached hydrogens (primary N) is 1. The highest BCUT2D eigenvalue weighted by Crippen LogP contribution is 2.32. The SMILES string of the molecule is COc1ccc(CC(CN)c2c(C)cc(C)cc2C)c(OC)c1. The van der Waals surface area contributed by atoms with Gasteiger partial charge in [0.2, 0.25) is 0 Å². The minimum Gasteiger partial charge on any atom is -0.497 e. The van der Waals surface area contributed by atoms with Gasteiger partial charge in [-0.2, -0.15) is 0 Å². The van der Waals surface area contributed by atoms with Gasteiger partial charge in [0.1, 0.15) is 11.5 Å². The largest absolute Gasteiger partial charge is 0.497 e. The molecule has 2 aromatic rings. The van der Waals surface area contributed by atoms with Gasteiger partial charge >= 0.3 is 0 Å². The van der Waals surface area contributed by atoms with Crippen molar-refractivity contribution >= 4 is 0 Å². The number of benzene rings is 2. The van der Waals surface area contributed by atoms with Crippen LogP contribution < -0.4 is 15.2 Å². The summed E-state index contributed by atoms with van der Waals surface area (Å²) in [5.74, 6) is 1.93. The molecule has 3 nitrogen and oxygen atoms in total. The fourth-order valence-electron chi connectivity index (χ4n) is 3.42.